The molecule has 37 heavy (non-hydrogen) atoms. The molecule has 2 aromatic carbocycles. The number of rotatable bonds is 12. The van der Waals surface area contributed by atoms with Crippen LogP contribution < -0.4 is 11.2 Å². The number of likely N-dealkylation sites (tertiary alicyclic amines) is 1. The van der Waals surface area contributed by atoms with Gasteiger partial charge in [-0.3, -0.25) is 10.3 Å². The van der Waals surface area contributed by atoms with E-state index in [9.17, 15) is 0 Å². The number of nitrogens with two attached hydrogens (primary N) is 1. The van der Waals surface area contributed by atoms with Gasteiger partial charge >= 0.3 is 0 Å². The van der Waals surface area contributed by atoms with Crippen LogP contribution in [0.1, 0.15) is 62.7 Å². The van der Waals surface area contributed by atoms with Gasteiger partial charge in [-0.05, 0) is 73.2 Å². The molecule has 6 nitrogen and oxygen atoms in total. The van der Waals surface area contributed by atoms with E-state index in [-0.39, 0.29) is 12.2 Å². The first-order valence-electron chi connectivity index (χ1n) is 13.6. The van der Waals surface area contributed by atoms with Crippen molar-refractivity contribution in [1.82, 2.24) is 4.90 Å². The summed E-state index contributed by atoms with van der Waals surface area (Å²) in [5, 5.41) is 0. The minimum atomic E-state index is -0.131. The molecule has 4 rings (SSSR count). The lowest BCUT2D eigenvalue weighted by Gasteiger charge is -2.34. The molecule has 0 aromatic heterocycles. The number of hydrogen-bond donors (Lipinski definition) is 2. The Hall–Kier alpha value is -2.80. The number of piperidine rings is 1. The quantitative estimate of drug-likeness (QED) is 0.337. The Kier molecular flexibility index (Phi) is 10.1. The van der Waals surface area contributed by atoms with Crippen molar-refractivity contribution in [2.75, 3.05) is 38.8 Å². The zero-order chi connectivity index (χ0) is 26.0. The van der Waals surface area contributed by atoms with Crippen LogP contribution in [0.3, 0.4) is 0 Å². The van der Waals surface area contributed by atoms with Crippen LogP contribution in [0.4, 0.5) is 5.69 Å². The molecular weight excluding hydrogens is 462 g/mol. The Morgan fingerprint density at radius 2 is 1.81 bits per heavy atom. The molecule has 2 aromatic rings. The van der Waals surface area contributed by atoms with Crippen molar-refractivity contribution in [3.05, 3.63) is 89.3 Å². The van der Waals surface area contributed by atoms with Crippen LogP contribution in [-0.4, -0.2) is 44.4 Å². The van der Waals surface area contributed by atoms with Gasteiger partial charge in [-0.15, -0.1) is 0 Å². The van der Waals surface area contributed by atoms with Crippen molar-refractivity contribution in [3.63, 3.8) is 0 Å². The van der Waals surface area contributed by atoms with Crippen molar-refractivity contribution < 1.29 is 14.3 Å². The standard InChI is InChI=1S/C31H43N3O3/c1-23(2)22-36-33-28-11-7-10-26(20-28)24-14-17-34(18-15-24)19-16-29(25-8-5-4-6-9-25)37-30-13-12-27(32)21-31(30)35-3/h4-13,20,23-24,29,31,33H,14-19,21-22,32H2,1-3H3/t29-,31?/m0/s1. The molecule has 1 aliphatic heterocycles. The van der Waals surface area contributed by atoms with Crippen LogP contribution in [0.25, 0.3) is 0 Å². The Morgan fingerprint density at radius 3 is 2.54 bits per heavy atom. The monoisotopic (exact) mass is 505 g/mol. The fourth-order valence-corrected chi connectivity index (χ4v) is 5.06. The molecule has 2 aliphatic rings. The SMILES string of the molecule is COC1CC(N)=CC=C1O[C@@H](CCN1CCC(c2cccc(NOCC(C)C)c2)CC1)c1ccccc1. The van der Waals surface area contributed by atoms with E-state index >= 15 is 0 Å². The van der Waals surface area contributed by atoms with E-state index < -0.39 is 0 Å². The van der Waals surface area contributed by atoms with Crippen molar-refractivity contribution >= 4 is 5.69 Å². The number of benzene rings is 2. The number of allylic oxidation sites excluding steroid dienone is 2. The molecule has 3 N–H and O–H groups in total. The van der Waals surface area contributed by atoms with E-state index in [0.29, 0.717) is 24.9 Å². The molecule has 1 fully saturated rings. The van der Waals surface area contributed by atoms with Crippen LogP contribution in [0.2, 0.25) is 0 Å². The van der Waals surface area contributed by atoms with Crippen molar-refractivity contribution in [2.45, 2.75) is 57.7 Å². The molecule has 1 aliphatic carbocycles. The second kappa shape index (κ2) is 13.7. The number of ether oxygens (including phenoxy) is 2. The summed E-state index contributed by atoms with van der Waals surface area (Å²) in [4.78, 5) is 8.19. The van der Waals surface area contributed by atoms with Crippen LogP contribution in [0.15, 0.2) is 78.2 Å². The minimum Gasteiger partial charge on any atom is -0.487 e. The third-order valence-electron chi connectivity index (χ3n) is 7.19. The predicted octanol–water partition coefficient (Wildman–Crippen LogP) is 6.16. The normalized spacial score (nSPS) is 19.8. The third kappa shape index (κ3) is 8.09. The lowest BCUT2D eigenvalue weighted by molar-refractivity contribution is 0.0196. The predicted molar refractivity (Wildman–Crippen MR) is 150 cm³/mol. The van der Waals surface area contributed by atoms with E-state index in [4.69, 9.17) is 20.0 Å². The van der Waals surface area contributed by atoms with Gasteiger partial charge in [0.15, 0.2) is 0 Å². The zero-order valence-electron chi connectivity index (χ0n) is 22.6. The Bertz CT molecular complexity index is 1030. The van der Waals surface area contributed by atoms with Crippen LogP contribution in [0.5, 0.6) is 0 Å². The first-order chi connectivity index (χ1) is 18.0. The van der Waals surface area contributed by atoms with Crippen LogP contribution in [0, 0.1) is 5.92 Å². The fraction of sp³-hybridized carbons (Fsp3) is 0.484. The summed E-state index contributed by atoms with van der Waals surface area (Å²) in [6, 6.07) is 19.2. The number of hydrogen-bond acceptors (Lipinski definition) is 6. The molecule has 1 heterocycles. The topological polar surface area (TPSA) is 69.0 Å². The van der Waals surface area contributed by atoms with Crippen LogP contribution in [-0.2, 0) is 14.3 Å². The molecule has 0 bridgehead atoms. The molecule has 0 saturated carbocycles. The minimum absolute atomic E-state index is 0.0239. The Morgan fingerprint density at radius 1 is 1.03 bits per heavy atom. The summed E-state index contributed by atoms with van der Waals surface area (Å²) in [6.07, 6.45) is 7.65. The number of nitrogens with one attached hydrogen (secondary N) is 1. The molecule has 200 valence electrons. The lowest BCUT2D eigenvalue weighted by Crippen LogP contribution is -2.34. The van der Waals surface area contributed by atoms with Crippen molar-refractivity contribution in [1.29, 1.82) is 0 Å². The maximum atomic E-state index is 6.56. The summed E-state index contributed by atoms with van der Waals surface area (Å²) >= 11 is 0. The van der Waals surface area contributed by atoms with Gasteiger partial charge in [-0.2, -0.15) is 0 Å². The molecule has 0 amide bonds. The maximum absolute atomic E-state index is 6.56. The highest BCUT2D eigenvalue weighted by molar-refractivity contribution is 5.45. The van der Waals surface area contributed by atoms with Gasteiger partial charge in [0.25, 0.3) is 0 Å². The summed E-state index contributed by atoms with van der Waals surface area (Å²) in [7, 11) is 1.71. The van der Waals surface area contributed by atoms with Crippen LogP contribution >= 0.6 is 0 Å². The van der Waals surface area contributed by atoms with Gasteiger partial charge in [-0.25, -0.2) is 0 Å². The summed E-state index contributed by atoms with van der Waals surface area (Å²) < 4.78 is 12.2. The maximum Gasteiger partial charge on any atom is 0.126 e. The average molecular weight is 506 g/mol. The van der Waals surface area contributed by atoms with Gasteiger partial charge in [0.1, 0.15) is 18.0 Å². The van der Waals surface area contributed by atoms with Gasteiger partial charge < -0.3 is 20.1 Å². The lowest BCUT2D eigenvalue weighted by atomic mass is 9.89. The molecule has 0 spiro atoms. The highest BCUT2D eigenvalue weighted by atomic mass is 16.6. The smallest absolute Gasteiger partial charge is 0.126 e. The van der Waals surface area contributed by atoms with Gasteiger partial charge in [0, 0.05) is 32.2 Å². The molecule has 6 heteroatoms. The largest absolute Gasteiger partial charge is 0.487 e. The number of nitrogens with zero attached hydrogens (tertiary/aromatic N) is 1. The Labute approximate surface area is 222 Å². The first-order valence-corrected chi connectivity index (χ1v) is 13.6. The van der Waals surface area contributed by atoms with E-state index in [0.717, 1.165) is 56.0 Å². The van der Waals surface area contributed by atoms with Crippen molar-refractivity contribution in [3.8, 4) is 0 Å². The van der Waals surface area contributed by atoms with Crippen molar-refractivity contribution in [2.24, 2.45) is 11.7 Å². The third-order valence-corrected chi connectivity index (χ3v) is 7.19. The summed E-state index contributed by atoms with van der Waals surface area (Å²) in [5.41, 5.74) is 13.6. The highest BCUT2D eigenvalue weighted by Gasteiger charge is 2.26. The summed E-state index contributed by atoms with van der Waals surface area (Å²) in [5.74, 6) is 1.94. The summed E-state index contributed by atoms with van der Waals surface area (Å²) in [6.45, 7) is 8.19. The number of anilines is 1. The molecule has 0 radical (unpaired) electrons. The molecule has 2 atom stereocenters. The van der Waals surface area contributed by atoms with Gasteiger partial charge in [-0.1, -0.05) is 56.3 Å². The van der Waals surface area contributed by atoms with Gasteiger partial charge in [0.2, 0.25) is 0 Å². The van der Waals surface area contributed by atoms with Gasteiger partial charge in [0.05, 0.1) is 12.3 Å². The fourth-order valence-electron chi connectivity index (χ4n) is 5.06. The van der Waals surface area contributed by atoms with E-state index in [1.54, 1.807) is 7.11 Å². The zero-order valence-corrected chi connectivity index (χ0v) is 22.6. The van der Waals surface area contributed by atoms with E-state index in [2.05, 4.69) is 72.8 Å². The molecular formula is C31H43N3O3. The Balaban J connectivity index is 1.32. The average Bonchev–Trinajstić information content (AvgIpc) is 2.92. The number of methoxy groups -OCH3 is 1. The van der Waals surface area contributed by atoms with E-state index in [1.807, 2.05) is 18.2 Å². The second-order valence-electron chi connectivity index (χ2n) is 10.6. The van der Waals surface area contributed by atoms with E-state index in [1.165, 1.54) is 11.1 Å². The molecule has 1 saturated heterocycles. The second-order valence-corrected chi connectivity index (χ2v) is 10.6. The highest BCUT2D eigenvalue weighted by Crippen LogP contribution is 2.32. The first kappa shape index (κ1) is 27.2. The molecule has 1 unspecified atom stereocenters.